The van der Waals surface area contributed by atoms with Crippen LogP contribution in [0, 0.1) is 0 Å². The minimum Gasteiger partial charge on any atom is -0.392 e. The van der Waals surface area contributed by atoms with Crippen LogP contribution >= 0.6 is 0 Å². The Hall–Kier alpha value is -1.24. The van der Waals surface area contributed by atoms with Crippen molar-refractivity contribution in [3.05, 3.63) is 34.9 Å². The number of hydrogen-bond donors (Lipinski definition) is 1. The first-order valence-corrected chi connectivity index (χ1v) is 4.04. The van der Waals surface area contributed by atoms with Crippen molar-refractivity contribution >= 4 is 0 Å². The molecule has 0 fully saturated rings. The molecule has 0 radical (unpaired) electrons. The van der Waals surface area contributed by atoms with Crippen LogP contribution in [0.4, 0.5) is 26.3 Å². The van der Waals surface area contributed by atoms with E-state index < -0.39 is 35.6 Å². The first kappa shape index (κ1) is 12.8. The molecule has 7 heteroatoms. The van der Waals surface area contributed by atoms with Gasteiger partial charge in [-0.1, -0.05) is 0 Å². The second-order valence-corrected chi connectivity index (χ2v) is 3.03. The Morgan fingerprint density at radius 2 is 1.50 bits per heavy atom. The van der Waals surface area contributed by atoms with Crippen LogP contribution in [0.5, 0.6) is 0 Å². The van der Waals surface area contributed by atoms with E-state index in [0.29, 0.717) is 18.2 Å². The molecule has 0 atom stereocenters. The quantitative estimate of drug-likeness (QED) is 0.752. The van der Waals surface area contributed by atoms with Gasteiger partial charge in [-0.15, -0.1) is 0 Å². The fourth-order valence-corrected chi connectivity index (χ4v) is 1.18. The molecule has 0 saturated carbocycles. The summed E-state index contributed by atoms with van der Waals surface area (Å²) < 4.78 is 73.3. The predicted molar refractivity (Wildman–Crippen MR) is 42.4 cm³/mol. The zero-order chi connectivity index (χ0) is 12.6. The van der Waals surface area contributed by atoms with Gasteiger partial charge in [0.15, 0.2) is 0 Å². The van der Waals surface area contributed by atoms with Crippen molar-refractivity contribution in [2.24, 2.45) is 0 Å². The molecule has 0 bridgehead atoms. The number of aliphatic hydroxyl groups excluding tert-OH is 1. The topological polar surface area (TPSA) is 20.2 Å². The zero-order valence-corrected chi connectivity index (χ0v) is 7.65. The maximum absolute atomic E-state index is 12.3. The SMILES string of the molecule is OCc1cc(C(F)(F)F)ccc1C(F)(F)F. The van der Waals surface area contributed by atoms with Crippen molar-refractivity contribution in [3.8, 4) is 0 Å². The second kappa shape index (κ2) is 3.97. The summed E-state index contributed by atoms with van der Waals surface area (Å²) in [6, 6.07) is 0.944. The van der Waals surface area contributed by atoms with Crippen molar-refractivity contribution in [2.45, 2.75) is 19.0 Å². The van der Waals surface area contributed by atoms with E-state index in [1.54, 1.807) is 0 Å². The minimum absolute atomic E-state index is 0.294. The summed E-state index contributed by atoms with van der Waals surface area (Å²) in [6.07, 6.45) is -9.50. The van der Waals surface area contributed by atoms with Crippen LogP contribution in [0.1, 0.15) is 16.7 Å². The molecule has 0 aliphatic carbocycles. The Morgan fingerprint density at radius 1 is 0.938 bits per heavy atom. The number of rotatable bonds is 1. The fraction of sp³-hybridized carbons (Fsp3) is 0.333. The molecular weight excluding hydrogens is 238 g/mol. The van der Waals surface area contributed by atoms with Gasteiger partial charge in [0.1, 0.15) is 0 Å². The molecule has 0 aliphatic rings. The molecule has 1 aromatic rings. The molecule has 0 unspecified atom stereocenters. The van der Waals surface area contributed by atoms with E-state index in [1.807, 2.05) is 0 Å². The van der Waals surface area contributed by atoms with Crippen LogP contribution in [0.15, 0.2) is 18.2 Å². The highest BCUT2D eigenvalue weighted by atomic mass is 19.4. The Labute approximate surface area is 86.3 Å². The highest BCUT2D eigenvalue weighted by molar-refractivity contribution is 5.34. The van der Waals surface area contributed by atoms with E-state index in [1.165, 1.54) is 0 Å². The smallest absolute Gasteiger partial charge is 0.392 e. The second-order valence-electron chi connectivity index (χ2n) is 3.03. The molecule has 90 valence electrons. The van der Waals surface area contributed by atoms with E-state index in [0.717, 1.165) is 0 Å². The molecule has 0 saturated heterocycles. The molecule has 16 heavy (non-hydrogen) atoms. The zero-order valence-electron chi connectivity index (χ0n) is 7.65. The van der Waals surface area contributed by atoms with Crippen LogP contribution in [0.2, 0.25) is 0 Å². The van der Waals surface area contributed by atoms with Crippen LogP contribution in [0.25, 0.3) is 0 Å². The molecule has 1 aromatic carbocycles. The monoisotopic (exact) mass is 244 g/mol. The molecule has 0 aromatic heterocycles. The standard InChI is InChI=1S/C9H6F6O/c10-8(11,12)6-1-2-7(9(13,14)15)5(3-6)4-16/h1-3,16H,4H2. The van der Waals surface area contributed by atoms with Crippen LogP contribution in [-0.2, 0) is 19.0 Å². The largest absolute Gasteiger partial charge is 0.416 e. The summed E-state index contributed by atoms with van der Waals surface area (Å²) >= 11 is 0. The summed E-state index contributed by atoms with van der Waals surface area (Å²) in [7, 11) is 0. The summed E-state index contributed by atoms with van der Waals surface area (Å²) in [6.45, 7) is -1.10. The number of alkyl halides is 6. The van der Waals surface area contributed by atoms with Crippen LogP contribution in [-0.4, -0.2) is 5.11 Å². The van der Waals surface area contributed by atoms with E-state index in [4.69, 9.17) is 5.11 Å². The Kier molecular flexibility index (Phi) is 3.18. The van der Waals surface area contributed by atoms with Crippen molar-refractivity contribution < 1.29 is 31.4 Å². The lowest BCUT2D eigenvalue weighted by Crippen LogP contribution is -2.12. The van der Waals surface area contributed by atoms with Gasteiger partial charge in [0.05, 0.1) is 17.7 Å². The summed E-state index contributed by atoms with van der Waals surface area (Å²) in [4.78, 5) is 0. The van der Waals surface area contributed by atoms with Crippen molar-refractivity contribution in [2.75, 3.05) is 0 Å². The van der Waals surface area contributed by atoms with E-state index in [-0.39, 0.29) is 0 Å². The summed E-state index contributed by atoms with van der Waals surface area (Å²) in [5.41, 5.74) is -3.27. The van der Waals surface area contributed by atoms with Gasteiger partial charge in [0.25, 0.3) is 0 Å². The summed E-state index contributed by atoms with van der Waals surface area (Å²) in [5, 5.41) is 8.60. The van der Waals surface area contributed by atoms with Crippen LogP contribution < -0.4 is 0 Å². The number of aliphatic hydroxyl groups is 1. The summed E-state index contributed by atoms with van der Waals surface area (Å²) in [5.74, 6) is 0. The molecule has 0 spiro atoms. The maximum atomic E-state index is 12.3. The Balaban J connectivity index is 3.28. The van der Waals surface area contributed by atoms with Gasteiger partial charge in [-0.3, -0.25) is 0 Å². The van der Waals surface area contributed by atoms with Gasteiger partial charge < -0.3 is 5.11 Å². The molecule has 1 nitrogen and oxygen atoms in total. The third-order valence-electron chi connectivity index (χ3n) is 1.91. The van der Waals surface area contributed by atoms with E-state index >= 15 is 0 Å². The van der Waals surface area contributed by atoms with Gasteiger partial charge in [0, 0.05) is 0 Å². The van der Waals surface area contributed by atoms with Gasteiger partial charge in [-0.2, -0.15) is 26.3 Å². The third kappa shape index (κ3) is 2.66. The van der Waals surface area contributed by atoms with Crippen molar-refractivity contribution in [1.29, 1.82) is 0 Å². The predicted octanol–water partition coefficient (Wildman–Crippen LogP) is 3.22. The fourth-order valence-electron chi connectivity index (χ4n) is 1.18. The molecule has 0 heterocycles. The molecule has 1 rings (SSSR count). The highest BCUT2D eigenvalue weighted by Crippen LogP contribution is 2.36. The van der Waals surface area contributed by atoms with Gasteiger partial charge >= 0.3 is 12.4 Å². The lowest BCUT2D eigenvalue weighted by atomic mass is 10.0. The van der Waals surface area contributed by atoms with Crippen molar-refractivity contribution in [3.63, 3.8) is 0 Å². The normalized spacial score (nSPS) is 12.9. The first-order valence-electron chi connectivity index (χ1n) is 4.04. The third-order valence-corrected chi connectivity index (χ3v) is 1.91. The van der Waals surface area contributed by atoms with E-state index in [9.17, 15) is 26.3 Å². The molecular formula is C9H6F6O. The lowest BCUT2D eigenvalue weighted by molar-refractivity contribution is -0.142. The Morgan fingerprint density at radius 3 is 1.88 bits per heavy atom. The van der Waals surface area contributed by atoms with Crippen molar-refractivity contribution in [1.82, 2.24) is 0 Å². The number of halogens is 6. The average molecular weight is 244 g/mol. The van der Waals surface area contributed by atoms with Gasteiger partial charge in [-0.25, -0.2) is 0 Å². The number of benzene rings is 1. The van der Waals surface area contributed by atoms with Gasteiger partial charge in [-0.05, 0) is 23.8 Å². The first-order chi connectivity index (χ1) is 7.16. The minimum atomic E-state index is -4.78. The number of hydrogen-bond acceptors (Lipinski definition) is 1. The van der Waals surface area contributed by atoms with Crippen LogP contribution in [0.3, 0.4) is 0 Å². The average Bonchev–Trinajstić information content (AvgIpc) is 2.14. The molecule has 0 aliphatic heterocycles. The molecule has 0 amide bonds. The Bertz CT molecular complexity index is 379. The van der Waals surface area contributed by atoms with E-state index in [2.05, 4.69) is 0 Å². The maximum Gasteiger partial charge on any atom is 0.416 e. The van der Waals surface area contributed by atoms with Gasteiger partial charge in [0.2, 0.25) is 0 Å². The molecule has 1 N–H and O–H groups in total. The lowest BCUT2D eigenvalue weighted by Gasteiger charge is -2.14. The highest BCUT2D eigenvalue weighted by Gasteiger charge is 2.36.